The van der Waals surface area contributed by atoms with Crippen LogP contribution in [0, 0.1) is 25.2 Å². The third kappa shape index (κ3) is 3.63. The zero-order valence-corrected chi connectivity index (χ0v) is 16.3. The van der Waals surface area contributed by atoms with Crippen molar-refractivity contribution >= 4 is 23.5 Å². The fraction of sp³-hybridized carbons (Fsp3) is 0.381. The monoisotopic (exact) mass is 383 g/mol. The van der Waals surface area contributed by atoms with Gasteiger partial charge in [0.05, 0.1) is 11.3 Å². The predicted molar refractivity (Wildman–Crippen MR) is 107 cm³/mol. The number of aromatic hydroxyl groups is 1. The van der Waals surface area contributed by atoms with Crippen molar-refractivity contribution in [1.29, 1.82) is 5.26 Å². The molecular weight excluding hydrogens is 362 g/mol. The van der Waals surface area contributed by atoms with Gasteiger partial charge in [0.15, 0.2) is 0 Å². The molecule has 1 N–H and O–H groups in total. The van der Waals surface area contributed by atoms with E-state index in [9.17, 15) is 15.2 Å². The van der Waals surface area contributed by atoms with Crippen LogP contribution in [-0.2, 0) is 0 Å². The van der Waals surface area contributed by atoms with Crippen molar-refractivity contribution in [2.45, 2.75) is 52.0 Å². The molecule has 0 amide bonds. The van der Waals surface area contributed by atoms with Crippen LogP contribution in [0.3, 0.4) is 0 Å². The summed E-state index contributed by atoms with van der Waals surface area (Å²) in [5, 5.41) is 21.0. The molecule has 0 unspecified atom stereocenters. The van der Waals surface area contributed by atoms with Gasteiger partial charge in [-0.05, 0) is 49.9 Å². The van der Waals surface area contributed by atoms with Crippen molar-refractivity contribution < 1.29 is 5.11 Å². The highest BCUT2D eigenvalue weighted by Gasteiger charge is 2.24. The van der Waals surface area contributed by atoms with Gasteiger partial charge in [-0.15, -0.1) is 0 Å². The fourth-order valence-electron chi connectivity index (χ4n) is 3.64. The molecule has 0 spiro atoms. The number of hydrogen-bond acceptors (Lipinski definition) is 4. The highest BCUT2D eigenvalue weighted by atomic mass is 35.5. The maximum Gasteiger partial charge on any atom is 0.271 e. The van der Waals surface area contributed by atoms with Crippen molar-refractivity contribution in [3.05, 3.63) is 55.8 Å². The maximum absolute atomic E-state index is 12.8. The predicted octanol–water partition coefficient (Wildman–Crippen LogP) is 4.95. The van der Waals surface area contributed by atoms with E-state index in [1.54, 1.807) is 19.1 Å². The molecule has 27 heavy (non-hydrogen) atoms. The number of pyridine rings is 1. The Morgan fingerprint density at radius 2 is 1.96 bits per heavy atom. The van der Waals surface area contributed by atoms with Gasteiger partial charge >= 0.3 is 0 Å². The van der Waals surface area contributed by atoms with Crippen LogP contribution >= 0.6 is 11.6 Å². The molecule has 1 aliphatic carbocycles. The molecule has 1 saturated carbocycles. The van der Waals surface area contributed by atoms with E-state index in [-0.39, 0.29) is 17.5 Å². The first-order valence-electron chi connectivity index (χ1n) is 9.13. The van der Waals surface area contributed by atoms with Crippen molar-refractivity contribution in [3.8, 4) is 11.9 Å². The Kier molecular flexibility index (Phi) is 5.67. The summed E-state index contributed by atoms with van der Waals surface area (Å²) in [4.78, 5) is 17.2. The quantitative estimate of drug-likeness (QED) is 0.761. The molecule has 0 atom stereocenters. The van der Waals surface area contributed by atoms with Gasteiger partial charge < -0.3 is 5.11 Å². The summed E-state index contributed by atoms with van der Waals surface area (Å²) < 4.78 is 1.39. The fourth-order valence-corrected chi connectivity index (χ4v) is 3.81. The molecule has 1 aromatic heterocycles. The van der Waals surface area contributed by atoms with Crippen LogP contribution in [0.2, 0.25) is 5.02 Å². The largest absolute Gasteiger partial charge is 0.494 e. The van der Waals surface area contributed by atoms with Crippen LogP contribution in [0.5, 0.6) is 5.88 Å². The van der Waals surface area contributed by atoms with E-state index in [1.807, 2.05) is 19.1 Å². The van der Waals surface area contributed by atoms with E-state index < -0.39 is 5.56 Å². The smallest absolute Gasteiger partial charge is 0.271 e. The van der Waals surface area contributed by atoms with E-state index >= 15 is 0 Å². The second-order valence-electron chi connectivity index (χ2n) is 6.96. The third-order valence-corrected chi connectivity index (χ3v) is 5.71. The number of hydrogen-bond donors (Lipinski definition) is 1. The molecule has 2 aromatic rings. The maximum atomic E-state index is 12.8. The van der Waals surface area contributed by atoms with Crippen molar-refractivity contribution in [2.75, 3.05) is 0 Å². The molecule has 1 aliphatic rings. The molecule has 0 bridgehead atoms. The number of halogens is 1. The topological polar surface area (TPSA) is 78.4 Å². The molecule has 140 valence electrons. The van der Waals surface area contributed by atoms with E-state index in [1.165, 1.54) is 10.8 Å². The van der Waals surface area contributed by atoms with Gasteiger partial charge in [-0.25, -0.2) is 0 Å². The zero-order chi connectivity index (χ0) is 19.6. The average molecular weight is 384 g/mol. The minimum Gasteiger partial charge on any atom is -0.494 e. The first-order valence-corrected chi connectivity index (χ1v) is 9.50. The van der Waals surface area contributed by atoms with E-state index in [2.05, 4.69) is 4.99 Å². The van der Waals surface area contributed by atoms with Crippen molar-refractivity contribution in [3.63, 3.8) is 0 Å². The first-order chi connectivity index (χ1) is 13.0. The molecule has 3 rings (SSSR count). The van der Waals surface area contributed by atoms with Gasteiger partial charge in [-0.1, -0.05) is 36.9 Å². The lowest BCUT2D eigenvalue weighted by Gasteiger charge is -2.26. The lowest BCUT2D eigenvalue weighted by molar-refractivity contribution is 0.303. The van der Waals surface area contributed by atoms with Gasteiger partial charge in [0.1, 0.15) is 11.6 Å². The third-order valence-electron chi connectivity index (χ3n) is 5.30. The zero-order valence-electron chi connectivity index (χ0n) is 15.5. The Balaban J connectivity index is 2.15. The Hall–Kier alpha value is -2.58. The summed E-state index contributed by atoms with van der Waals surface area (Å²) in [6, 6.07) is 7.34. The summed E-state index contributed by atoms with van der Waals surface area (Å²) >= 11 is 6.14. The number of rotatable bonds is 3. The molecule has 1 heterocycles. The standard InChI is InChI=1S/C21H22ClN3O2/c1-13-16(11-23)20(26)25(15-7-4-3-5-8-15)21(27)17(13)12-24-19-10-6-9-18(22)14(19)2/h6,9-10,12,15,27H,3-5,7-8H2,1-2H3. The first kappa shape index (κ1) is 19.2. The van der Waals surface area contributed by atoms with Gasteiger partial charge in [0, 0.05) is 17.3 Å². The summed E-state index contributed by atoms with van der Waals surface area (Å²) in [6.45, 7) is 3.53. The van der Waals surface area contributed by atoms with Crippen LogP contribution in [0.1, 0.15) is 60.4 Å². The average Bonchev–Trinajstić information content (AvgIpc) is 2.66. The Morgan fingerprint density at radius 3 is 2.63 bits per heavy atom. The van der Waals surface area contributed by atoms with E-state index in [0.717, 1.165) is 37.7 Å². The Labute approximate surface area is 163 Å². The number of nitrogens with zero attached hydrogens (tertiary/aromatic N) is 3. The van der Waals surface area contributed by atoms with Crippen molar-refractivity contribution in [2.24, 2.45) is 4.99 Å². The van der Waals surface area contributed by atoms with Crippen LogP contribution in [0.25, 0.3) is 0 Å². The van der Waals surface area contributed by atoms with Crippen LogP contribution in [-0.4, -0.2) is 15.9 Å². The van der Waals surface area contributed by atoms with Crippen LogP contribution < -0.4 is 5.56 Å². The van der Waals surface area contributed by atoms with Gasteiger partial charge in [0.25, 0.3) is 5.56 Å². The van der Waals surface area contributed by atoms with Crippen LogP contribution in [0.4, 0.5) is 5.69 Å². The molecule has 5 nitrogen and oxygen atoms in total. The van der Waals surface area contributed by atoms with Crippen LogP contribution in [0.15, 0.2) is 28.0 Å². The Bertz CT molecular complexity index is 996. The molecule has 6 heteroatoms. The van der Waals surface area contributed by atoms with Gasteiger partial charge in [-0.3, -0.25) is 14.4 Å². The second kappa shape index (κ2) is 7.98. The van der Waals surface area contributed by atoms with Gasteiger partial charge in [-0.2, -0.15) is 5.26 Å². The highest BCUT2D eigenvalue weighted by molar-refractivity contribution is 6.31. The number of aromatic nitrogens is 1. The molecule has 1 aromatic carbocycles. The minimum absolute atomic E-state index is 0.0580. The Morgan fingerprint density at radius 1 is 1.26 bits per heavy atom. The molecular formula is C21H22ClN3O2. The van der Waals surface area contributed by atoms with E-state index in [0.29, 0.717) is 21.8 Å². The number of nitriles is 1. The lowest BCUT2D eigenvalue weighted by Crippen LogP contribution is -2.30. The minimum atomic E-state index is -0.421. The molecule has 0 saturated heterocycles. The molecule has 0 radical (unpaired) electrons. The van der Waals surface area contributed by atoms with Crippen molar-refractivity contribution in [1.82, 2.24) is 4.57 Å². The molecule has 1 fully saturated rings. The van der Waals surface area contributed by atoms with Gasteiger partial charge in [0.2, 0.25) is 5.88 Å². The summed E-state index contributed by atoms with van der Waals surface area (Å²) in [5.41, 5.74) is 1.98. The highest BCUT2D eigenvalue weighted by Crippen LogP contribution is 2.32. The lowest BCUT2D eigenvalue weighted by atomic mass is 9.94. The summed E-state index contributed by atoms with van der Waals surface area (Å²) in [7, 11) is 0. The molecule has 0 aliphatic heterocycles. The summed E-state index contributed by atoms with van der Waals surface area (Å²) in [5.74, 6) is -0.119. The number of aliphatic imine (C=N–C) groups is 1. The second-order valence-corrected chi connectivity index (χ2v) is 7.37. The summed E-state index contributed by atoms with van der Waals surface area (Å²) in [6.07, 6.45) is 6.32. The normalized spacial score (nSPS) is 15.2. The SMILES string of the molecule is Cc1c(Cl)cccc1N=Cc1c(C)c(C#N)c(=O)n(C2CCCCC2)c1O. The number of benzene rings is 1. The van der Waals surface area contributed by atoms with E-state index in [4.69, 9.17) is 11.6 Å².